The Morgan fingerprint density at radius 1 is 0.354 bits per heavy atom. The van der Waals surface area contributed by atoms with E-state index in [0.29, 0.717) is 108 Å². The maximum absolute atomic E-state index is 9.92. The quantitative estimate of drug-likeness (QED) is 0.0621. The van der Waals surface area contributed by atoms with Crippen molar-refractivity contribution < 1.29 is 47.7 Å². The Morgan fingerprint density at radius 3 is 1.01 bits per heavy atom. The molecule has 35 nitrogen and oxygen atoms in total. The maximum Gasteiger partial charge on any atom is 0.228 e. The van der Waals surface area contributed by atoms with E-state index in [1.54, 1.807) is 38.7 Å². The first-order valence-electron chi connectivity index (χ1n) is 50.7. The van der Waals surface area contributed by atoms with Gasteiger partial charge in [-0.15, -0.1) is 0 Å². The monoisotopic (exact) mass is 1940 g/mol. The molecule has 3 atom stereocenters. The largest absolute Gasteiger partial charge is 0.508 e. The molecule has 0 spiro atoms. The van der Waals surface area contributed by atoms with Crippen LogP contribution < -0.4 is 24.5 Å². The van der Waals surface area contributed by atoms with Crippen LogP contribution >= 0.6 is 0 Å². The van der Waals surface area contributed by atoms with Gasteiger partial charge in [0.2, 0.25) is 29.7 Å². The third kappa shape index (κ3) is 20.5. The summed E-state index contributed by atoms with van der Waals surface area (Å²) in [5, 5.41) is 9.92. The smallest absolute Gasteiger partial charge is 0.228 e. The number of hydrogen-bond acceptors (Lipinski definition) is 30. The third-order valence-corrected chi connectivity index (χ3v) is 27.9. The molecule has 25 rings (SSSR count). The van der Waals surface area contributed by atoms with Crippen LogP contribution in [0.25, 0.3) is 136 Å². The van der Waals surface area contributed by atoms with Crippen molar-refractivity contribution >= 4 is 110 Å². The molecule has 6 saturated heterocycles. The Morgan fingerprint density at radius 2 is 0.667 bits per heavy atom. The van der Waals surface area contributed by atoms with E-state index in [0.717, 1.165) is 261 Å². The number of phenols is 1. The number of nitrogens with zero attached hydrogens (tertiary/aromatic N) is 25. The van der Waals surface area contributed by atoms with Gasteiger partial charge in [-0.2, -0.15) is 24.9 Å². The summed E-state index contributed by atoms with van der Waals surface area (Å²) in [5.41, 5.74) is 28.4. The zero-order valence-electron chi connectivity index (χ0n) is 83.3. The second kappa shape index (κ2) is 44.2. The molecule has 6 fully saturated rings. The van der Waals surface area contributed by atoms with Crippen LogP contribution in [0.5, 0.6) is 5.75 Å². The number of hydrogen-bond donors (Lipinski definition) is 1. The summed E-state index contributed by atoms with van der Waals surface area (Å²) in [6.07, 6.45) is 33.4. The number of allylic oxidation sites excluding steroid dienone is 4. The van der Waals surface area contributed by atoms with E-state index in [-0.39, 0.29) is 24.1 Å². The molecule has 4 aliphatic carbocycles. The van der Waals surface area contributed by atoms with Gasteiger partial charge in [0.15, 0.2) is 34.5 Å². The molecule has 16 heterocycles. The molecule has 0 amide bonds. The predicted octanol–water partition coefficient (Wildman–Crippen LogP) is 15.8. The number of benzene rings is 5. The molecule has 144 heavy (non-hydrogen) atoms. The van der Waals surface area contributed by atoms with Gasteiger partial charge in [0.25, 0.3) is 0 Å². The summed E-state index contributed by atoms with van der Waals surface area (Å²) < 4.78 is 60.3. The molecule has 1 N–H and O–H groups in total. The topological polar surface area (TPSA) is 338 Å². The number of aromatic nitrogens is 20. The van der Waals surface area contributed by atoms with Crippen molar-refractivity contribution in [3.8, 4) is 62.0 Å². The van der Waals surface area contributed by atoms with Crippen LogP contribution in [0.3, 0.4) is 0 Å². The van der Waals surface area contributed by atoms with Crippen LogP contribution in [0.1, 0.15) is 123 Å². The van der Waals surface area contributed by atoms with Crippen LogP contribution in [-0.2, 0) is 81.4 Å². The fraction of sp³-hybridized carbons (Fsp3) is 0.422. The number of ether oxygens (including phenoxy) is 9. The second-order valence-corrected chi connectivity index (χ2v) is 38.1. The van der Waals surface area contributed by atoms with Crippen molar-refractivity contribution in [3.63, 3.8) is 0 Å². The zero-order chi connectivity index (χ0) is 98.1. The SMILES string of the molecule is C1=Cc2c(cccc2-c2nc(N3CCOCC3)nc3c2ncn3CCC2OCCCO2)C1.CC(C)Cn1cnc2c(-c3cccc4c3C=CC4)nc(N3CCOCC3)nc21.CCC(C)n1cnc2c(-c3cccc4c3C=CC4)nc(N3CCOCC3)nc21.COCC(C)n1cnc2c(-c3cccc(O)c3)nc(N3CCOCC3)nc21.COCC(C)n1cnc2c(-c3cccc4c3C=CC4)nc(N3CCOCC3)nc21. The van der Waals surface area contributed by atoms with E-state index in [4.69, 9.17) is 112 Å². The van der Waals surface area contributed by atoms with E-state index < -0.39 is 0 Å². The summed E-state index contributed by atoms with van der Waals surface area (Å²) in [6, 6.07) is 33.4. The molecule has 5 aromatic carbocycles. The van der Waals surface area contributed by atoms with Crippen molar-refractivity contribution in [2.45, 2.75) is 124 Å². The number of anilines is 5. The van der Waals surface area contributed by atoms with Gasteiger partial charge in [0.1, 0.15) is 61.8 Å². The lowest BCUT2D eigenvalue weighted by Crippen LogP contribution is -2.37. The lowest BCUT2D eigenvalue weighted by Gasteiger charge is -2.27. The first-order valence-corrected chi connectivity index (χ1v) is 50.7. The van der Waals surface area contributed by atoms with Crippen molar-refractivity contribution in [3.05, 3.63) is 198 Å². The van der Waals surface area contributed by atoms with Gasteiger partial charge in [0, 0.05) is 133 Å². The Balaban J connectivity index is 0.000000106. The van der Waals surface area contributed by atoms with Crippen molar-refractivity contribution in [1.29, 1.82) is 0 Å². The van der Waals surface area contributed by atoms with Gasteiger partial charge in [-0.3, -0.25) is 0 Å². The summed E-state index contributed by atoms with van der Waals surface area (Å²) >= 11 is 0. The number of fused-ring (bicyclic) bond motifs is 9. The molecule has 10 aromatic heterocycles. The number of aromatic hydroxyl groups is 1. The molecule has 0 bridgehead atoms. The fourth-order valence-corrected chi connectivity index (χ4v) is 20.1. The van der Waals surface area contributed by atoms with E-state index in [1.165, 1.54) is 44.5 Å². The fourth-order valence-electron chi connectivity index (χ4n) is 20.1. The van der Waals surface area contributed by atoms with Crippen molar-refractivity contribution in [2.24, 2.45) is 5.92 Å². The van der Waals surface area contributed by atoms with Crippen LogP contribution in [0, 0.1) is 5.92 Å². The van der Waals surface area contributed by atoms with Gasteiger partial charge in [-0.1, -0.05) is 154 Å². The van der Waals surface area contributed by atoms with Gasteiger partial charge < -0.3 is 95.1 Å². The van der Waals surface area contributed by atoms with E-state index >= 15 is 0 Å². The van der Waals surface area contributed by atoms with Crippen LogP contribution in [0.4, 0.5) is 29.7 Å². The summed E-state index contributed by atoms with van der Waals surface area (Å²) in [7, 11) is 3.40. The first kappa shape index (κ1) is 96.4. The molecular formula is C109H125N25O10. The predicted molar refractivity (Wildman–Crippen MR) is 560 cm³/mol. The lowest BCUT2D eigenvalue weighted by atomic mass is 10.0. The van der Waals surface area contributed by atoms with Crippen LogP contribution in [0.15, 0.2) is 153 Å². The summed E-state index contributed by atoms with van der Waals surface area (Å²) in [5.74, 6) is 4.39. The van der Waals surface area contributed by atoms with Crippen LogP contribution in [-0.4, -0.2) is 281 Å². The Labute approximate surface area is 836 Å². The number of phenolic OH excluding ortho intramolecular Hbond substituents is 1. The number of imidazole rings is 5. The number of morpholine rings is 5. The Kier molecular flexibility index (Phi) is 29.6. The van der Waals surface area contributed by atoms with Crippen molar-refractivity contribution in [1.82, 2.24) is 97.6 Å². The average molecular weight is 1950 g/mol. The van der Waals surface area contributed by atoms with Crippen LogP contribution in [0.2, 0.25) is 0 Å². The maximum atomic E-state index is 9.92. The summed E-state index contributed by atoms with van der Waals surface area (Å²) in [4.78, 5) is 84.0. The molecular weight excluding hydrogens is 1820 g/mol. The highest BCUT2D eigenvalue weighted by Gasteiger charge is 2.32. The lowest BCUT2D eigenvalue weighted by molar-refractivity contribution is -0.182. The van der Waals surface area contributed by atoms with E-state index in [1.807, 2.05) is 35.9 Å². The standard InChI is InChI=1S/C24H27N5O3.C22H25N5O2.2C22H25N5O.C19H23N5O3/c1-4-17-5-2-7-19(18(17)6-1)21-22-23(27-24(26-21)28-10-14-30-15-11-28)29(16-25-22)9-8-20-31-12-3-13-32-20;1-15(13-28-2)27-14-23-20-19(18-8-4-6-16-5-3-7-17(16)18)24-22(25-21(20)27)26-9-11-29-12-10-26;1-15(2)13-27-14-23-20-19(18-8-4-6-16-5-3-7-17(16)18)24-22(25-21(20)27)26-9-11-28-12-10-26;1-3-15(2)27-14-23-20-19(18-9-5-7-16-6-4-8-17(16)18)24-22(25-21(20)27)26-10-12-28-13-11-26;1-13(11-26-2)24-12-20-17-16(14-4-3-5-15(25)10-14)21-19(22-18(17)24)23-6-8-27-9-7-23/h1-2,5-7,16,20H,3-4,8-15H2;3-4,6-8,14-15H,5,9-13H2,1-2H3;3-4,6-8,14-15H,5,9-13H2,1-2H3;4-5,7-9,14-15H,3,6,10-13H2,1-2H3;3-5,10,12-13,25H,6-9,11H2,1-2H3. The number of aryl methyl sites for hydroxylation is 1. The molecule has 0 radical (unpaired) electrons. The van der Waals surface area contributed by atoms with Gasteiger partial charge in [-0.25, -0.2) is 49.8 Å². The molecule has 10 aliphatic rings. The number of methoxy groups -OCH3 is 2. The van der Waals surface area contributed by atoms with Gasteiger partial charge in [0.05, 0.1) is 136 Å². The minimum Gasteiger partial charge on any atom is -0.508 e. The average Bonchev–Trinajstić information content (AvgIpc) is 1.59. The molecule has 35 heteroatoms. The first-order chi connectivity index (χ1) is 70.8. The molecule has 746 valence electrons. The molecule has 3 unspecified atom stereocenters. The Hall–Kier alpha value is -13.8. The highest BCUT2D eigenvalue weighted by Crippen LogP contribution is 2.42. The highest BCUT2D eigenvalue weighted by molar-refractivity contribution is 5.97. The normalized spacial score (nSPS) is 17.2. The minimum atomic E-state index is -0.163. The van der Waals surface area contributed by atoms with Gasteiger partial charge >= 0.3 is 0 Å². The van der Waals surface area contributed by atoms with E-state index in [2.05, 4.69) is 211 Å². The van der Waals surface area contributed by atoms with Crippen molar-refractivity contribution in [2.75, 3.05) is 197 Å². The molecule has 15 aromatic rings. The number of rotatable bonds is 23. The Bertz CT molecular complexity index is 7210. The van der Waals surface area contributed by atoms with Gasteiger partial charge in [-0.05, 0) is 122 Å². The second-order valence-electron chi connectivity index (χ2n) is 38.1. The third-order valence-electron chi connectivity index (χ3n) is 27.9. The highest BCUT2D eigenvalue weighted by atomic mass is 16.7. The van der Waals surface area contributed by atoms with E-state index in [9.17, 15) is 5.11 Å². The molecule has 0 saturated carbocycles. The molecule has 6 aliphatic heterocycles. The zero-order valence-corrected chi connectivity index (χ0v) is 83.3. The minimum absolute atomic E-state index is 0.0875. The summed E-state index contributed by atoms with van der Waals surface area (Å²) in [6.45, 7) is 32.1.